The zero-order chi connectivity index (χ0) is 43.6. The molecule has 6 rings (SSSR count). The molecule has 0 heterocycles. The molecule has 2 aliphatic rings. The van der Waals surface area contributed by atoms with E-state index in [0.717, 1.165) is 48.5 Å². The van der Waals surface area contributed by atoms with Crippen LogP contribution in [0.3, 0.4) is 0 Å². The van der Waals surface area contributed by atoms with Crippen molar-refractivity contribution >= 4 is 22.7 Å². The highest BCUT2D eigenvalue weighted by Crippen LogP contribution is 2.72. The molecule has 314 valence electrons. The number of alkyl halides is 11. The number of hydrogen-bond acceptors (Lipinski definition) is 8. The monoisotopic (exact) mass is 844 g/mol. The first kappa shape index (κ1) is 42.7. The number of nitrogen functional groups attached to an aromatic ring is 2. The summed E-state index contributed by atoms with van der Waals surface area (Å²) in [4.78, 5) is -0.0356. The summed E-state index contributed by atoms with van der Waals surface area (Å²) in [7, 11) is 0. The van der Waals surface area contributed by atoms with E-state index in [-0.39, 0.29) is 40.0 Å². The number of hydrogen-bond donors (Lipinski definition) is 5. The first-order valence-electron chi connectivity index (χ1n) is 17.0. The molecule has 4 aromatic rings. The Hall–Kier alpha value is -5.86. The molecule has 0 aromatic heterocycles. The summed E-state index contributed by atoms with van der Waals surface area (Å²) >= 11 is 0. The van der Waals surface area contributed by atoms with E-state index in [2.05, 4.69) is 0 Å². The number of nitrogens with two attached hydrogens (primary N) is 5. The van der Waals surface area contributed by atoms with E-state index in [1.165, 1.54) is 48.5 Å². The highest BCUT2D eigenvalue weighted by atomic mass is 19.4. The van der Waals surface area contributed by atoms with Crippen LogP contribution in [0, 0.1) is 5.41 Å². The Balaban J connectivity index is 1.56. The van der Waals surface area contributed by atoms with Crippen LogP contribution in [0.4, 0.5) is 75.4 Å². The van der Waals surface area contributed by atoms with Gasteiger partial charge in [-0.2, -0.15) is 43.9 Å². The average Bonchev–Trinajstić information content (AvgIpc) is 3.14. The van der Waals surface area contributed by atoms with E-state index in [4.69, 9.17) is 38.1 Å². The van der Waals surface area contributed by atoms with Crippen LogP contribution < -0.4 is 43.0 Å². The summed E-state index contributed by atoms with van der Waals surface area (Å²) in [5, 5.41) is 0. The SMILES string of the molecule is Nc1ccc(Oc2ccc(N(c3ccc(Oc4ccc(N)cc4)cc3)C3(N)C(F)=CC(F)(C(C4=CCC(N)(N)C=C4)(C(F)(F)F)C(F)(F)F)C(F)(F)C3(F)F)cc2)cc1. The maximum Gasteiger partial charge on any atom is 0.410 e. The highest BCUT2D eigenvalue weighted by molar-refractivity contribution is 5.70. The van der Waals surface area contributed by atoms with E-state index in [9.17, 15) is 0 Å². The van der Waals surface area contributed by atoms with Crippen molar-refractivity contribution in [2.24, 2.45) is 22.6 Å². The maximum atomic E-state index is 17.1. The fourth-order valence-electron chi connectivity index (χ4n) is 6.87. The number of benzene rings is 4. The zero-order valence-corrected chi connectivity index (χ0v) is 29.9. The van der Waals surface area contributed by atoms with Crippen molar-refractivity contribution in [3.05, 3.63) is 133 Å². The molecule has 10 N–H and O–H groups in total. The number of rotatable bonds is 9. The number of nitrogens with zero attached hydrogens (tertiary/aromatic N) is 1. The van der Waals surface area contributed by atoms with Gasteiger partial charge in [0, 0.05) is 29.2 Å². The van der Waals surface area contributed by atoms with Gasteiger partial charge in [-0.25, -0.2) is 8.78 Å². The van der Waals surface area contributed by atoms with Crippen LogP contribution in [-0.4, -0.2) is 41.2 Å². The smallest absolute Gasteiger partial charge is 0.410 e. The molecule has 2 unspecified atom stereocenters. The molecule has 0 bridgehead atoms. The van der Waals surface area contributed by atoms with Crippen molar-refractivity contribution in [1.29, 1.82) is 0 Å². The molecule has 0 saturated carbocycles. The van der Waals surface area contributed by atoms with E-state index < -0.39 is 81.9 Å². The van der Waals surface area contributed by atoms with Gasteiger partial charge in [0.05, 0.1) is 5.66 Å². The molecule has 8 nitrogen and oxygen atoms in total. The first-order chi connectivity index (χ1) is 27.2. The second-order valence-electron chi connectivity index (χ2n) is 13.8. The van der Waals surface area contributed by atoms with Crippen molar-refractivity contribution in [1.82, 2.24) is 0 Å². The minimum atomic E-state index is -7.20. The largest absolute Gasteiger partial charge is 0.457 e. The number of halogens is 12. The van der Waals surface area contributed by atoms with E-state index in [1.807, 2.05) is 0 Å². The van der Waals surface area contributed by atoms with Crippen LogP contribution in [0.1, 0.15) is 6.42 Å². The van der Waals surface area contributed by atoms with Crippen LogP contribution in [0.5, 0.6) is 23.0 Å². The Kier molecular flexibility index (Phi) is 10.3. The van der Waals surface area contributed by atoms with Gasteiger partial charge in [-0.05, 0) is 115 Å². The molecule has 0 amide bonds. The van der Waals surface area contributed by atoms with Gasteiger partial charge in [0.25, 0.3) is 0 Å². The Labute approximate surface area is 327 Å². The van der Waals surface area contributed by atoms with Gasteiger partial charge in [0.1, 0.15) is 28.8 Å². The second-order valence-corrected chi connectivity index (χ2v) is 13.8. The van der Waals surface area contributed by atoms with Crippen molar-refractivity contribution in [3.63, 3.8) is 0 Å². The lowest BCUT2D eigenvalue weighted by Crippen LogP contribution is -2.82. The zero-order valence-electron chi connectivity index (χ0n) is 29.9. The lowest BCUT2D eigenvalue weighted by Gasteiger charge is -2.57. The topological polar surface area (TPSA) is 152 Å². The molecular formula is C39H32F12N6O2. The molecule has 0 saturated heterocycles. The summed E-state index contributed by atoms with van der Waals surface area (Å²) in [5.74, 6) is -16.5. The van der Waals surface area contributed by atoms with Crippen LogP contribution in [0.2, 0.25) is 0 Å². The number of anilines is 4. The molecule has 59 heavy (non-hydrogen) atoms. The van der Waals surface area contributed by atoms with Crippen molar-refractivity contribution in [2.75, 3.05) is 16.4 Å². The first-order valence-corrected chi connectivity index (χ1v) is 17.0. The fraction of sp³-hybridized carbons (Fsp3) is 0.231. The summed E-state index contributed by atoms with van der Waals surface area (Å²) in [5.41, 5.74) is 5.10. The third kappa shape index (κ3) is 6.77. The van der Waals surface area contributed by atoms with Crippen LogP contribution in [0.15, 0.2) is 133 Å². The Morgan fingerprint density at radius 3 is 1.27 bits per heavy atom. The number of allylic oxidation sites excluding steroid dienone is 3. The predicted molar refractivity (Wildman–Crippen MR) is 194 cm³/mol. The van der Waals surface area contributed by atoms with Gasteiger partial charge in [-0.15, -0.1) is 0 Å². The predicted octanol–water partition coefficient (Wildman–Crippen LogP) is 9.69. The average molecular weight is 845 g/mol. The van der Waals surface area contributed by atoms with Gasteiger partial charge < -0.3 is 37.3 Å². The normalized spacial score (nSPS) is 22.6. The molecule has 0 aliphatic heterocycles. The quantitative estimate of drug-likeness (QED) is 0.0635. The third-order valence-corrected chi connectivity index (χ3v) is 9.87. The minimum Gasteiger partial charge on any atom is -0.457 e. The van der Waals surface area contributed by atoms with Crippen molar-refractivity contribution < 1.29 is 62.2 Å². The van der Waals surface area contributed by atoms with Gasteiger partial charge in [-0.3, -0.25) is 5.73 Å². The minimum absolute atomic E-state index is 0.0356. The molecule has 2 aliphatic carbocycles. The Bertz CT molecular complexity index is 2170. The molecular weight excluding hydrogens is 812 g/mol. The molecule has 2 atom stereocenters. The van der Waals surface area contributed by atoms with Crippen molar-refractivity contribution in [2.45, 2.75) is 47.6 Å². The highest BCUT2D eigenvalue weighted by Gasteiger charge is 2.94. The fourth-order valence-corrected chi connectivity index (χ4v) is 6.87. The van der Waals surface area contributed by atoms with Gasteiger partial charge in [0.15, 0.2) is 0 Å². The third-order valence-electron chi connectivity index (χ3n) is 9.87. The molecule has 0 spiro atoms. The lowest BCUT2D eigenvalue weighted by atomic mass is 9.58. The second kappa shape index (κ2) is 14.2. The van der Waals surface area contributed by atoms with Gasteiger partial charge in [-0.1, -0.05) is 12.2 Å². The van der Waals surface area contributed by atoms with Crippen LogP contribution >= 0.6 is 0 Å². The Morgan fingerprint density at radius 2 is 0.932 bits per heavy atom. The van der Waals surface area contributed by atoms with Crippen LogP contribution in [0.25, 0.3) is 0 Å². The number of ether oxygens (including phenoxy) is 2. The van der Waals surface area contributed by atoms with Crippen LogP contribution in [-0.2, 0) is 0 Å². The van der Waals surface area contributed by atoms with Gasteiger partial charge in [0.2, 0.25) is 16.7 Å². The van der Waals surface area contributed by atoms with E-state index in [1.54, 1.807) is 0 Å². The van der Waals surface area contributed by atoms with E-state index in [0.29, 0.717) is 17.5 Å². The molecule has 0 fully saturated rings. The summed E-state index contributed by atoms with van der Waals surface area (Å²) in [6.45, 7) is 0. The summed E-state index contributed by atoms with van der Waals surface area (Å²) < 4.78 is 202. The molecule has 4 aromatic carbocycles. The standard InChI is InChI=1S/C39H32F12N6O2/c40-31-21-33(41,34(38(46,47)48,39(49,50)51)22-17-19-32(54,55)20-18-22)36(42,43)37(44,45)35(31,56)57(25-5-13-29(14-6-25)58-27-9-1-23(52)2-10-27)26-7-15-30(16-8-26)59-28-11-3-24(53)4-12-28/h1-19,21H,20,52-56H2. The molecule has 0 radical (unpaired) electrons. The Morgan fingerprint density at radius 1 is 0.559 bits per heavy atom. The van der Waals surface area contributed by atoms with Crippen molar-refractivity contribution in [3.8, 4) is 23.0 Å². The summed E-state index contributed by atoms with van der Waals surface area (Å²) in [6, 6.07) is 19.4. The van der Waals surface area contributed by atoms with E-state index >= 15 is 52.7 Å². The molecule has 20 heteroatoms. The maximum absolute atomic E-state index is 17.1. The summed E-state index contributed by atoms with van der Waals surface area (Å²) in [6.07, 6.45) is -17.0. The van der Waals surface area contributed by atoms with Gasteiger partial charge >= 0.3 is 24.2 Å². The lowest BCUT2D eigenvalue weighted by molar-refractivity contribution is -0.402.